The SMILES string of the molecule is NC(=O)CCN1C[C@H](c2ccc3c(c2)OCO3)[C@@H]2[C@H]1C1CCN2CC1. The molecule has 3 atom stereocenters. The minimum Gasteiger partial charge on any atom is -0.454 e. The van der Waals surface area contributed by atoms with Crippen LogP contribution in [-0.2, 0) is 4.79 Å². The lowest BCUT2D eigenvalue weighted by atomic mass is 9.75. The topological polar surface area (TPSA) is 68.0 Å². The Balaban J connectivity index is 1.46. The van der Waals surface area contributed by atoms with Crippen LogP contribution in [0.15, 0.2) is 18.2 Å². The summed E-state index contributed by atoms with van der Waals surface area (Å²) in [7, 11) is 0. The second-order valence-electron chi connectivity index (χ2n) is 7.79. The van der Waals surface area contributed by atoms with Crippen molar-refractivity contribution in [3.8, 4) is 11.5 Å². The Labute approximate surface area is 147 Å². The first-order chi connectivity index (χ1) is 12.2. The molecule has 0 radical (unpaired) electrons. The molecule has 0 aliphatic carbocycles. The van der Waals surface area contributed by atoms with Gasteiger partial charge in [0, 0.05) is 37.5 Å². The number of nitrogens with zero attached hydrogens (tertiary/aromatic N) is 2. The molecule has 5 heterocycles. The van der Waals surface area contributed by atoms with Gasteiger partial charge in [-0.3, -0.25) is 14.6 Å². The van der Waals surface area contributed by atoms with Gasteiger partial charge in [0.2, 0.25) is 12.7 Å². The van der Waals surface area contributed by atoms with E-state index in [2.05, 4.69) is 21.9 Å². The Morgan fingerprint density at radius 3 is 2.76 bits per heavy atom. The van der Waals surface area contributed by atoms with E-state index in [-0.39, 0.29) is 5.91 Å². The van der Waals surface area contributed by atoms with Gasteiger partial charge < -0.3 is 15.2 Å². The Morgan fingerprint density at radius 1 is 1.16 bits per heavy atom. The number of carbonyl (C=O) groups excluding carboxylic acids is 1. The molecule has 0 spiro atoms. The van der Waals surface area contributed by atoms with Gasteiger partial charge in [0.05, 0.1) is 0 Å². The van der Waals surface area contributed by atoms with E-state index in [1.807, 2.05) is 6.07 Å². The van der Waals surface area contributed by atoms with E-state index in [9.17, 15) is 4.79 Å². The van der Waals surface area contributed by atoms with Gasteiger partial charge in [-0.2, -0.15) is 0 Å². The van der Waals surface area contributed by atoms with Crippen LogP contribution in [-0.4, -0.2) is 60.8 Å². The molecule has 2 N–H and O–H groups in total. The molecule has 2 bridgehead atoms. The lowest BCUT2D eigenvalue weighted by Gasteiger charge is -2.51. The van der Waals surface area contributed by atoms with Crippen LogP contribution in [0.2, 0.25) is 0 Å². The highest BCUT2D eigenvalue weighted by atomic mass is 16.7. The maximum atomic E-state index is 11.3. The summed E-state index contributed by atoms with van der Waals surface area (Å²) in [4.78, 5) is 16.5. The molecule has 6 rings (SSSR count). The standard InChI is InChI=1S/C19H25N3O3/c20-17(23)5-8-22-10-14(13-1-2-15-16(9-13)25-11-24-15)19-18(22)12-3-6-21(19)7-4-12/h1-2,9,12,14,18-19H,3-8,10-11H2,(H2,20,23)/t14-,18-,19-/m1/s1. The minimum atomic E-state index is -0.204. The highest BCUT2D eigenvalue weighted by Crippen LogP contribution is 2.47. The largest absolute Gasteiger partial charge is 0.454 e. The highest BCUT2D eigenvalue weighted by molar-refractivity contribution is 5.73. The first-order valence-electron chi connectivity index (χ1n) is 9.36. The maximum absolute atomic E-state index is 11.3. The molecular formula is C19H25N3O3. The van der Waals surface area contributed by atoms with Gasteiger partial charge in [0.1, 0.15) is 0 Å². The van der Waals surface area contributed by atoms with Crippen LogP contribution in [0.25, 0.3) is 0 Å². The first kappa shape index (κ1) is 15.5. The van der Waals surface area contributed by atoms with E-state index >= 15 is 0 Å². The third kappa shape index (κ3) is 2.50. The Morgan fingerprint density at radius 2 is 1.96 bits per heavy atom. The molecule has 25 heavy (non-hydrogen) atoms. The molecule has 0 saturated carbocycles. The Bertz CT molecular complexity index is 686. The summed E-state index contributed by atoms with van der Waals surface area (Å²) in [6.07, 6.45) is 3.01. The summed E-state index contributed by atoms with van der Waals surface area (Å²) in [5.74, 6) is 2.71. The highest BCUT2D eigenvalue weighted by Gasteiger charge is 2.53. The van der Waals surface area contributed by atoms with E-state index in [0.29, 0.717) is 31.2 Å². The zero-order valence-electron chi connectivity index (χ0n) is 14.4. The summed E-state index contributed by atoms with van der Waals surface area (Å²) in [6.45, 7) is 4.50. The molecule has 5 aliphatic heterocycles. The van der Waals surface area contributed by atoms with Gasteiger partial charge >= 0.3 is 0 Å². The van der Waals surface area contributed by atoms with Crippen LogP contribution in [0, 0.1) is 5.92 Å². The number of rotatable bonds is 4. The molecule has 1 aromatic rings. The number of primary amides is 1. The zero-order valence-corrected chi connectivity index (χ0v) is 14.4. The van der Waals surface area contributed by atoms with Crippen molar-refractivity contribution in [1.82, 2.24) is 9.80 Å². The van der Waals surface area contributed by atoms with Gasteiger partial charge in [0.25, 0.3) is 0 Å². The van der Waals surface area contributed by atoms with E-state index in [1.54, 1.807) is 0 Å². The van der Waals surface area contributed by atoms with Crippen molar-refractivity contribution in [3.63, 3.8) is 0 Å². The van der Waals surface area contributed by atoms with E-state index in [1.165, 1.54) is 31.5 Å². The summed E-state index contributed by atoms with van der Waals surface area (Å²) < 4.78 is 11.1. The third-order valence-electron chi connectivity index (χ3n) is 6.56. The number of benzene rings is 1. The van der Waals surface area contributed by atoms with Crippen molar-refractivity contribution < 1.29 is 14.3 Å². The number of ether oxygens (including phenoxy) is 2. The van der Waals surface area contributed by atoms with E-state index in [0.717, 1.165) is 30.5 Å². The number of hydrogen-bond acceptors (Lipinski definition) is 5. The molecule has 134 valence electrons. The van der Waals surface area contributed by atoms with Gasteiger partial charge in [0.15, 0.2) is 11.5 Å². The lowest BCUT2D eigenvalue weighted by Crippen LogP contribution is -2.60. The number of piperidine rings is 3. The predicted octanol–water partition coefficient (Wildman–Crippen LogP) is 1.15. The van der Waals surface area contributed by atoms with Crippen LogP contribution in [0.3, 0.4) is 0 Å². The number of amides is 1. The van der Waals surface area contributed by atoms with Crippen LogP contribution in [0.5, 0.6) is 11.5 Å². The van der Waals surface area contributed by atoms with Gasteiger partial charge in [-0.15, -0.1) is 0 Å². The molecule has 6 heteroatoms. The smallest absolute Gasteiger partial charge is 0.231 e. The average molecular weight is 343 g/mol. The van der Waals surface area contributed by atoms with Crippen molar-refractivity contribution in [3.05, 3.63) is 23.8 Å². The third-order valence-corrected chi connectivity index (χ3v) is 6.56. The number of nitrogens with two attached hydrogens (primary N) is 1. The number of fused-ring (bicyclic) bond motifs is 3. The van der Waals surface area contributed by atoms with Crippen molar-refractivity contribution >= 4 is 5.91 Å². The van der Waals surface area contributed by atoms with Crippen molar-refractivity contribution in [1.29, 1.82) is 0 Å². The van der Waals surface area contributed by atoms with Gasteiger partial charge in [-0.05, 0) is 49.5 Å². The van der Waals surface area contributed by atoms with Crippen LogP contribution >= 0.6 is 0 Å². The monoisotopic (exact) mass is 343 g/mol. The molecular weight excluding hydrogens is 318 g/mol. The summed E-state index contributed by atoms with van der Waals surface area (Å²) in [5, 5.41) is 0. The van der Waals surface area contributed by atoms with Gasteiger partial charge in [-0.1, -0.05) is 6.07 Å². The normalized spacial score (nSPS) is 35.8. The molecule has 4 saturated heterocycles. The average Bonchev–Trinajstić information content (AvgIpc) is 3.26. The second kappa shape index (κ2) is 5.88. The number of likely N-dealkylation sites (tertiary alicyclic amines) is 1. The molecule has 6 nitrogen and oxygen atoms in total. The maximum Gasteiger partial charge on any atom is 0.231 e. The molecule has 5 aliphatic rings. The van der Waals surface area contributed by atoms with Crippen molar-refractivity contribution in [2.24, 2.45) is 11.7 Å². The fraction of sp³-hybridized carbons (Fsp3) is 0.632. The molecule has 0 aromatic heterocycles. The number of hydrogen-bond donors (Lipinski definition) is 1. The van der Waals surface area contributed by atoms with Crippen LogP contribution in [0.4, 0.5) is 0 Å². The lowest BCUT2D eigenvalue weighted by molar-refractivity contribution is -0.118. The van der Waals surface area contributed by atoms with Crippen LogP contribution in [0.1, 0.15) is 30.7 Å². The Kier molecular flexibility index (Phi) is 3.64. The molecule has 1 aromatic carbocycles. The van der Waals surface area contributed by atoms with E-state index < -0.39 is 0 Å². The molecule has 0 unspecified atom stereocenters. The van der Waals surface area contributed by atoms with Crippen LogP contribution < -0.4 is 15.2 Å². The zero-order chi connectivity index (χ0) is 17.0. The number of carbonyl (C=O) groups is 1. The quantitative estimate of drug-likeness (QED) is 0.888. The fourth-order valence-corrected chi connectivity index (χ4v) is 5.48. The summed E-state index contributed by atoms with van der Waals surface area (Å²) in [5.41, 5.74) is 6.74. The van der Waals surface area contributed by atoms with Crippen molar-refractivity contribution in [2.75, 3.05) is 33.0 Å². The summed E-state index contributed by atoms with van der Waals surface area (Å²) in [6, 6.07) is 7.48. The minimum absolute atomic E-state index is 0.204. The first-order valence-corrected chi connectivity index (χ1v) is 9.36. The fourth-order valence-electron chi connectivity index (χ4n) is 5.48. The van der Waals surface area contributed by atoms with Crippen molar-refractivity contribution in [2.45, 2.75) is 37.3 Å². The predicted molar refractivity (Wildman–Crippen MR) is 92.6 cm³/mol. The molecule has 1 amide bonds. The summed E-state index contributed by atoms with van der Waals surface area (Å²) >= 11 is 0. The van der Waals surface area contributed by atoms with E-state index in [4.69, 9.17) is 15.2 Å². The molecule has 4 fully saturated rings. The second-order valence-corrected chi connectivity index (χ2v) is 7.79. The van der Waals surface area contributed by atoms with Gasteiger partial charge in [-0.25, -0.2) is 0 Å². The Hall–Kier alpha value is -1.79.